The molecular weight excluding hydrogens is 442 g/mol. The Hall–Kier alpha value is -4.53. The monoisotopic (exact) mass is 467 g/mol. The lowest BCUT2D eigenvalue weighted by molar-refractivity contribution is -0.118. The lowest BCUT2D eigenvalue weighted by Crippen LogP contribution is -2.22. The van der Waals surface area contributed by atoms with E-state index in [4.69, 9.17) is 4.74 Å². The molecule has 0 unspecified atom stereocenters. The van der Waals surface area contributed by atoms with E-state index in [0.29, 0.717) is 28.4 Å². The van der Waals surface area contributed by atoms with Crippen molar-refractivity contribution in [3.8, 4) is 17.3 Å². The number of nitrogens with one attached hydrogen (secondary N) is 1. The third-order valence-corrected chi connectivity index (χ3v) is 5.84. The van der Waals surface area contributed by atoms with E-state index in [2.05, 4.69) is 45.4 Å². The van der Waals surface area contributed by atoms with Gasteiger partial charge in [0.2, 0.25) is 0 Å². The largest absolute Gasteiger partial charge is 0.484 e. The summed E-state index contributed by atoms with van der Waals surface area (Å²) in [5.41, 5.74) is 5.74. The molecule has 3 heterocycles. The predicted octanol–water partition coefficient (Wildman–Crippen LogP) is 4.25. The summed E-state index contributed by atoms with van der Waals surface area (Å²) in [6.45, 7) is 7.85. The van der Waals surface area contributed by atoms with Gasteiger partial charge in [-0.25, -0.2) is 14.6 Å². The fraction of sp³-hybridized carbons (Fsp3) is 0.192. The molecule has 9 heteroatoms. The van der Waals surface area contributed by atoms with Gasteiger partial charge in [0.1, 0.15) is 17.9 Å². The average Bonchev–Trinajstić information content (AvgIpc) is 3.43. The summed E-state index contributed by atoms with van der Waals surface area (Å²) in [4.78, 5) is 21.6. The summed E-state index contributed by atoms with van der Waals surface area (Å²) in [6.07, 6.45) is 3.19. The van der Waals surface area contributed by atoms with Gasteiger partial charge >= 0.3 is 0 Å². The van der Waals surface area contributed by atoms with Gasteiger partial charge in [-0.1, -0.05) is 29.8 Å². The van der Waals surface area contributed by atoms with Crippen molar-refractivity contribution in [1.82, 2.24) is 29.5 Å². The molecule has 1 N–H and O–H groups in total. The molecule has 9 nitrogen and oxygen atoms in total. The smallest absolute Gasteiger partial charge is 0.263 e. The Morgan fingerprint density at radius 3 is 2.60 bits per heavy atom. The second-order valence-electron chi connectivity index (χ2n) is 8.44. The maximum atomic E-state index is 12.6. The molecule has 0 saturated carbocycles. The molecule has 0 saturated heterocycles. The van der Waals surface area contributed by atoms with Crippen molar-refractivity contribution >= 4 is 22.8 Å². The molecule has 0 fully saturated rings. The fourth-order valence-electron chi connectivity index (χ4n) is 3.85. The van der Waals surface area contributed by atoms with Gasteiger partial charge in [-0.05, 0) is 57.0 Å². The summed E-state index contributed by atoms with van der Waals surface area (Å²) in [5.74, 6) is 1.34. The molecule has 5 rings (SSSR count). The number of aromatic nitrogens is 6. The van der Waals surface area contributed by atoms with Gasteiger partial charge in [-0.3, -0.25) is 4.79 Å². The first kappa shape index (κ1) is 22.3. The van der Waals surface area contributed by atoms with E-state index in [1.54, 1.807) is 21.6 Å². The topological polar surface area (TPSA) is 99.8 Å². The average molecular weight is 468 g/mol. The molecule has 2 aromatic carbocycles. The number of hydrogen-bond acceptors (Lipinski definition) is 6. The van der Waals surface area contributed by atoms with Crippen LogP contribution < -0.4 is 10.1 Å². The molecular formula is C26H25N7O2. The van der Waals surface area contributed by atoms with Crippen molar-refractivity contribution in [3.05, 3.63) is 83.4 Å². The van der Waals surface area contributed by atoms with Crippen molar-refractivity contribution in [3.63, 3.8) is 0 Å². The Labute approximate surface area is 202 Å². The molecule has 35 heavy (non-hydrogen) atoms. The molecule has 176 valence electrons. The lowest BCUT2D eigenvalue weighted by atomic mass is 10.1. The van der Waals surface area contributed by atoms with Crippen molar-refractivity contribution in [1.29, 1.82) is 0 Å². The molecule has 0 aliphatic rings. The van der Waals surface area contributed by atoms with Crippen LogP contribution in [0.2, 0.25) is 0 Å². The number of benzene rings is 2. The number of hydrogen-bond donors (Lipinski definition) is 1. The van der Waals surface area contributed by atoms with E-state index >= 15 is 0 Å². The number of fused-ring (bicyclic) bond motifs is 1. The van der Waals surface area contributed by atoms with Crippen molar-refractivity contribution in [2.75, 3.05) is 11.9 Å². The Morgan fingerprint density at radius 2 is 1.80 bits per heavy atom. The van der Waals surface area contributed by atoms with Gasteiger partial charge in [0.05, 0.1) is 23.0 Å². The first-order valence-corrected chi connectivity index (χ1v) is 11.2. The minimum atomic E-state index is -0.303. The van der Waals surface area contributed by atoms with Gasteiger partial charge in [0.15, 0.2) is 18.1 Å². The lowest BCUT2D eigenvalue weighted by Gasteiger charge is -2.11. The second kappa shape index (κ2) is 9.02. The number of rotatable bonds is 6. The third kappa shape index (κ3) is 4.35. The number of carbonyl (C=O) groups excluding carboxylic acids is 1. The van der Waals surface area contributed by atoms with Crippen LogP contribution in [0.5, 0.6) is 5.75 Å². The Kier molecular flexibility index (Phi) is 5.74. The highest BCUT2D eigenvalue weighted by molar-refractivity contribution is 5.92. The van der Waals surface area contributed by atoms with Crippen LogP contribution in [0.1, 0.15) is 22.4 Å². The number of aryl methyl sites for hydroxylation is 3. The first-order chi connectivity index (χ1) is 16.9. The van der Waals surface area contributed by atoms with Gasteiger partial charge in [0.25, 0.3) is 5.91 Å². The Balaban J connectivity index is 1.45. The van der Waals surface area contributed by atoms with Gasteiger partial charge < -0.3 is 10.1 Å². The number of anilines is 1. The molecule has 0 bridgehead atoms. The molecule has 3 aromatic heterocycles. The Bertz CT molecular complexity index is 1530. The quantitative estimate of drug-likeness (QED) is 0.401. The van der Waals surface area contributed by atoms with E-state index in [1.165, 1.54) is 11.9 Å². The van der Waals surface area contributed by atoms with Crippen molar-refractivity contribution in [2.45, 2.75) is 27.7 Å². The van der Waals surface area contributed by atoms with Crippen LogP contribution in [0.15, 0.2) is 61.1 Å². The van der Waals surface area contributed by atoms with Crippen LogP contribution in [-0.4, -0.2) is 42.0 Å². The normalized spacial score (nSPS) is 11.1. The minimum Gasteiger partial charge on any atom is -0.484 e. The standard InChI is InChI=1S/C26H25N7O2/c1-16-8-10-20(11-9-16)35-14-24(34)30-23-12-18(3)31-33(23)26-21-13-29-32(25(21)27-15-28-26)22-7-5-6-17(2)19(22)4/h5-13,15H,14H2,1-4H3,(H,30,34). The first-order valence-electron chi connectivity index (χ1n) is 11.2. The SMILES string of the molecule is Cc1ccc(OCC(=O)Nc2cc(C)nn2-c2ncnc3c2cnn3-c2cccc(C)c2C)cc1. The van der Waals surface area contributed by atoms with Crippen LogP contribution in [0.4, 0.5) is 5.82 Å². The molecule has 1 amide bonds. The Morgan fingerprint density at radius 1 is 1.00 bits per heavy atom. The van der Waals surface area contributed by atoms with Crippen LogP contribution in [0.3, 0.4) is 0 Å². The maximum Gasteiger partial charge on any atom is 0.263 e. The summed E-state index contributed by atoms with van der Waals surface area (Å²) in [7, 11) is 0. The zero-order valence-electron chi connectivity index (χ0n) is 20.0. The molecule has 5 aromatic rings. The highest BCUT2D eigenvalue weighted by Gasteiger charge is 2.18. The van der Waals surface area contributed by atoms with Crippen LogP contribution >= 0.6 is 0 Å². The van der Waals surface area contributed by atoms with E-state index in [1.807, 2.05) is 50.2 Å². The van der Waals surface area contributed by atoms with Crippen molar-refractivity contribution in [2.24, 2.45) is 0 Å². The summed E-state index contributed by atoms with van der Waals surface area (Å²) >= 11 is 0. The molecule has 0 atom stereocenters. The van der Waals surface area contributed by atoms with Gasteiger partial charge in [-0.15, -0.1) is 0 Å². The highest BCUT2D eigenvalue weighted by atomic mass is 16.5. The predicted molar refractivity (Wildman–Crippen MR) is 133 cm³/mol. The van der Waals surface area contributed by atoms with E-state index in [9.17, 15) is 4.79 Å². The summed E-state index contributed by atoms with van der Waals surface area (Å²) in [5, 5.41) is 12.7. The summed E-state index contributed by atoms with van der Waals surface area (Å²) < 4.78 is 9.00. The van der Waals surface area contributed by atoms with Crippen LogP contribution in [0, 0.1) is 27.7 Å². The fourth-order valence-corrected chi connectivity index (χ4v) is 3.85. The number of nitrogens with zero attached hydrogens (tertiary/aromatic N) is 6. The second-order valence-corrected chi connectivity index (χ2v) is 8.44. The number of ether oxygens (including phenoxy) is 1. The zero-order chi connectivity index (χ0) is 24.5. The van der Waals surface area contributed by atoms with Gasteiger partial charge in [-0.2, -0.15) is 14.9 Å². The van der Waals surface area contributed by atoms with E-state index in [-0.39, 0.29) is 12.5 Å². The van der Waals surface area contributed by atoms with Crippen LogP contribution in [0.25, 0.3) is 22.5 Å². The number of carbonyl (C=O) groups is 1. The molecule has 0 aliphatic heterocycles. The third-order valence-electron chi connectivity index (χ3n) is 5.84. The van der Waals surface area contributed by atoms with Crippen LogP contribution in [-0.2, 0) is 4.79 Å². The number of amides is 1. The van der Waals surface area contributed by atoms with E-state index in [0.717, 1.165) is 22.5 Å². The zero-order valence-corrected chi connectivity index (χ0v) is 20.0. The molecule has 0 spiro atoms. The van der Waals surface area contributed by atoms with Crippen molar-refractivity contribution < 1.29 is 9.53 Å². The van der Waals surface area contributed by atoms with E-state index < -0.39 is 0 Å². The molecule has 0 aliphatic carbocycles. The minimum absolute atomic E-state index is 0.128. The van der Waals surface area contributed by atoms with Gasteiger partial charge in [0, 0.05) is 6.07 Å². The molecule has 0 radical (unpaired) electrons. The summed E-state index contributed by atoms with van der Waals surface area (Å²) in [6, 6.07) is 15.4. The maximum absolute atomic E-state index is 12.6. The highest BCUT2D eigenvalue weighted by Crippen LogP contribution is 2.26.